The molecule has 0 bridgehead atoms. The minimum absolute atomic E-state index is 0.798. The number of fused-ring (bicyclic) bond motifs is 1. The fourth-order valence-corrected chi connectivity index (χ4v) is 3.65. The average molecular weight is 376 g/mol. The van der Waals surface area contributed by atoms with Crippen LogP contribution in [0.2, 0.25) is 0 Å². The van der Waals surface area contributed by atoms with Crippen LogP contribution in [0.4, 0.5) is 0 Å². The van der Waals surface area contributed by atoms with E-state index >= 15 is 0 Å². The van der Waals surface area contributed by atoms with Crippen molar-refractivity contribution in [1.29, 1.82) is 0 Å². The van der Waals surface area contributed by atoms with E-state index < -0.39 is 0 Å². The van der Waals surface area contributed by atoms with E-state index in [2.05, 4.69) is 79.8 Å². The first-order chi connectivity index (χ1) is 13.8. The van der Waals surface area contributed by atoms with Gasteiger partial charge in [0.05, 0.1) is 6.61 Å². The highest BCUT2D eigenvalue weighted by Gasteiger charge is 2.09. The highest BCUT2D eigenvalue weighted by atomic mass is 16.5. The third-order valence-electron chi connectivity index (χ3n) is 5.38. The molecule has 0 saturated heterocycles. The maximum Gasteiger partial charge on any atom is 0.124 e. The molecular weight excluding hydrogens is 342 g/mol. The molecule has 0 saturated carbocycles. The number of benzene rings is 3. The van der Waals surface area contributed by atoms with Crippen LogP contribution in [0.3, 0.4) is 0 Å². The van der Waals surface area contributed by atoms with E-state index in [-0.39, 0.29) is 0 Å². The molecule has 0 radical (unpaired) electrons. The molecule has 0 atom stereocenters. The molecule has 0 aliphatic heterocycles. The van der Waals surface area contributed by atoms with Gasteiger partial charge in [-0.1, -0.05) is 87.2 Å². The summed E-state index contributed by atoms with van der Waals surface area (Å²) in [5, 5.41) is 6.18. The molecular formula is C26H33NO. The molecule has 1 N–H and O–H groups in total. The molecule has 148 valence electrons. The molecule has 2 nitrogen and oxygen atoms in total. The highest BCUT2D eigenvalue weighted by molar-refractivity contribution is 5.87. The number of ether oxygens (including phenoxy) is 1. The van der Waals surface area contributed by atoms with E-state index in [0.29, 0.717) is 0 Å². The van der Waals surface area contributed by atoms with Crippen LogP contribution in [0.15, 0.2) is 60.7 Å². The molecule has 0 aliphatic rings. The summed E-state index contributed by atoms with van der Waals surface area (Å²) in [4.78, 5) is 0. The number of nitrogens with one attached hydrogen (secondary N) is 1. The largest absolute Gasteiger partial charge is 0.493 e. The summed E-state index contributed by atoms with van der Waals surface area (Å²) in [6, 6.07) is 21.5. The maximum absolute atomic E-state index is 6.21. The van der Waals surface area contributed by atoms with Gasteiger partial charge < -0.3 is 10.1 Å². The van der Waals surface area contributed by atoms with Crippen molar-refractivity contribution in [1.82, 2.24) is 5.32 Å². The Hall–Kier alpha value is -2.32. The fraction of sp³-hybridized carbons (Fsp3) is 0.385. The Kier molecular flexibility index (Phi) is 7.93. The first kappa shape index (κ1) is 20.4. The second-order valence-electron chi connectivity index (χ2n) is 7.56. The van der Waals surface area contributed by atoms with Gasteiger partial charge in [0.15, 0.2) is 0 Å². The molecule has 0 aliphatic carbocycles. The number of aryl methyl sites for hydroxylation is 1. The molecule has 3 aromatic rings. The van der Waals surface area contributed by atoms with Gasteiger partial charge in [-0.2, -0.15) is 0 Å². The lowest BCUT2D eigenvalue weighted by Crippen LogP contribution is -2.15. The minimum Gasteiger partial charge on any atom is -0.493 e. The van der Waals surface area contributed by atoms with Gasteiger partial charge in [0.2, 0.25) is 0 Å². The van der Waals surface area contributed by atoms with Gasteiger partial charge in [-0.05, 0) is 41.3 Å². The fourth-order valence-electron chi connectivity index (χ4n) is 3.65. The third-order valence-corrected chi connectivity index (χ3v) is 5.38. The zero-order valence-corrected chi connectivity index (χ0v) is 17.3. The molecule has 2 heteroatoms. The lowest BCUT2D eigenvalue weighted by Gasteiger charge is -2.16. The molecule has 3 aromatic carbocycles. The molecule has 0 spiro atoms. The molecule has 0 heterocycles. The van der Waals surface area contributed by atoms with E-state index in [1.807, 2.05) is 0 Å². The lowest BCUT2D eigenvalue weighted by atomic mass is 10.0. The third kappa shape index (κ3) is 5.59. The van der Waals surface area contributed by atoms with Crippen molar-refractivity contribution in [3.8, 4) is 5.75 Å². The first-order valence-corrected chi connectivity index (χ1v) is 10.7. The second-order valence-corrected chi connectivity index (χ2v) is 7.56. The molecule has 3 rings (SSSR count). The van der Waals surface area contributed by atoms with Gasteiger partial charge in [-0.3, -0.25) is 0 Å². The lowest BCUT2D eigenvalue weighted by molar-refractivity contribution is 0.301. The quantitative estimate of drug-likeness (QED) is 0.373. The van der Waals surface area contributed by atoms with Crippen LogP contribution < -0.4 is 10.1 Å². The summed E-state index contributed by atoms with van der Waals surface area (Å²) in [6.45, 7) is 6.89. The van der Waals surface area contributed by atoms with Crippen molar-refractivity contribution in [3.63, 3.8) is 0 Å². The van der Waals surface area contributed by atoms with Crippen molar-refractivity contribution >= 4 is 10.8 Å². The van der Waals surface area contributed by atoms with Crippen LogP contribution in [-0.2, 0) is 13.1 Å². The smallest absolute Gasteiger partial charge is 0.124 e. The SMILES string of the molecule is CCCCCCCOc1ccc2ccccc2c1CNCc1ccccc1C. The minimum atomic E-state index is 0.798. The Morgan fingerprint density at radius 1 is 0.786 bits per heavy atom. The molecule has 28 heavy (non-hydrogen) atoms. The van der Waals surface area contributed by atoms with E-state index in [1.165, 1.54) is 53.1 Å². The summed E-state index contributed by atoms with van der Waals surface area (Å²) >= 11 is 0. The summed E-state index contributed by atoms with van der Waals surface area (Å²) in [7, 11) is 0. The van der Waals surface area contributed by atoms with Crippen LogP contribution in [0, 0.1) is 6.92 Å². The van der Waals surface area contributed by atoms with Crippen LogP contribution in [-0.4, -0.2) is 6.61 Å². The second kappa shape index (κ2) is 10.9. The standard InChI is InChI=1S/C26H33NO/c1-3-4-5-6-11-18-28-26-17-16-22-13-9-10-15-24(22)25(26)20-27-19-23-14-8-7-12-21(23)2/h7-10,12-17,27H,3-6,11,18-20H2,1-2H3. The van der Waals surface area contributed by atoms with Crippen LogP contribution >= 0.6 is 0 Å². The molecule has 0 fully saturated rings. The summed E-state index contributed by atoms with van der Waals surface area (Å²) < 4.78 is 6.21. The normalized spacial score (nSPS) is 11.1. The van der Waals surface area contributed by atoms with E-state index in [9.17, 15) is 0 Å². The monoisotopic (exact) mass is 375 g/mol. The Bertz CT molecular complexity index is 871. The Balaban J connectivity index is 1.68. The van der Waals surface area contributed by atoms with Gasteiger partial charge in [0, 0.05) is 18.7 Å². The van der Waals surface area contributed by atoms with Gasteiger partial charge >= 0.3 is 0 Å². The van der Waals surface area contributed by atoms with Gasteiger partial charge in [0.25, 0.3) is 0 Å². The van der Waals surface area contributed by atoms with Crippen LogP contribution in [0.1, 0.15) is 55.7 Å². The van der Waals surface area contributed by atoms with Crippen LogP contribution in [0.25, 0.3) is 10.8 Å². The number of unbranched alkanes of at least 4 members (excludes halogenated alkanes) is 4. The van der Waals surface area contributed by atoms with E-state index in [0.717, 1.165) is 31.9 Å². The van der Waals surface area contributed by atoms with Gasteiger partial charge in [-0.15, -0.1) is 0 Å². The Morgan fingerprint density at radius 3 is 2.43 bits per heavy atom. The van der Waals surface area contributed by atoms with Crippen molar-refractivity contribution < 1.29 is 4.74 Å². The topological polar surface area (TPSA) is 21.3 Å². The first-order valence-electron chi connectivity index (χ1n) is 10.7. The number of hydrogen-bond donors (Lipinski definition) is 1. The summed E-state index contributed by atoms with van der Waals surface area (Å²) in [5.74, 6) is 1.02. The van der Waals surface area contributed by atoms with Crippen molar-refractivity contribution in [3.05, 3.63) is 77.4 Å². The molecule has 0 unspecified atom stereocenters. The summed E-state index contributed by atoms with van der Waals surface area (Å²) in [6.07, 6.45) is 6.29. The predicted molar refractivity (Wildman–Crippen MR) is 120 cm³/mol. The Morgan fingerprint density at radius 2 is 1.57 bits per heavy atom. The maximum atomic E-state index is 6.21. The predicted octanol–water partition coefficient (Wildman–Crippen LogP) is 6.79. The van der Waals surface area contributed by atoms with Crippen molar-refractivity contribution in [2.75, 3.05) is 6.61 Å². The Labute approximate surface area is 169 Å². The zero-order chi connectivity index (χ0) is 19.6. The zero-order valence-electron chi connectivity index (χ0n) is 17.3. The number of rotatable bonds is 11. The van der Waals surface area contributed by atoms with Crippen molar-refractivity contribution in [2.24, 2.45) is 0 Å². The van der Waals surface area contributed by atoms with E-state index in [1.54, 1.807) is 0 Å². The average Bonchev–Trinajstić information content (AvgIpc) is 2.73. The molecule has 0 amide bonds. The van der Waals surface area contributed by atoms with Gasteiger partial charge in [0.1, 0.15) is 5.75 Å². The van der Waals surface area contributed by atoms with Gasteiger partial charge in [-0.25, -0.2) is 0 Å². The highest BCUT2D eigenvalue weighted by Crippen LogP contribution is 2.28. The van der Waals surface area contributed by atoms with E-state index in [4.69, 9.17) is 4.74 Å². The molecule has 0 aromatic heterocycles. The number of hydrogen-bond acceptors (Lipinski definition) is 2. The van der Waals surface area contributed by atoms with Crippen molar-refractivity contribution in [2.45, 2.75) is 59.0 Å². The summed E-state index contributed by atoms with van der Waals surface area (Å²) in [5.41, 5.74) is 3.94. The van der Waals surface area contributed by atoms with Crippen LogP contribution in [0.5, 0.6) is 5.75 Å².